The van der Waals surface area contributed by atoms with E-state index in [1.807, 2.05) is 31.2 Å². The number of H-pyrrole nitrogens is 1. The third kappa shape index (κ3) is 3.56. The Morgan fingerprint density at radius 2 is 1.96 bits per heavy atom. The number of pyridine rings is 1. The van der Waals surface area contributed by atoms with Crippen LogP contribution >= 0.6 is 11.6 Å². The average molecular weight is 371 g/mol. The van der Waals surface area contributed by atoms with E-state index in [4.69, 9.17) is 11.6 Å². The van der Waals surface area contributed by atoms with Gasteiger partial charge in [-0.1, -0.05) is 29.8 Å². The molecule has 2 atom stereocenters. The highest BCUT2D eigenvalue weighted by atomic mass is 35.5. The van der Waals surface area contributed by atoms with Crippen molar-refractivity contribution in [2.45, 2.75) is 56.9 Å². The Bertz CT molecular complexity index is 901. The Kier molecular flexibility index (Phi) is 4.62. The second-order valence-corrected chi connectivity index (χ2v) is 7.98. The number of halogens is 1. The Morgan fingerprint density at radius 1 is 1.15 bits per heavy atom. The van der Waals surface area contributed by atoms with Gasteiger partial charge in [0.1, 0.15) is 0 Å². The molecular weight excluding hydrogens is 348 g/mol. The lowest BCUT2D eigenvalue weighted by Crippen LogP contribution is -2.28. The second kappa shape index (κ2) is 6.92. The number of carbonyl (C=O) groups is 1. The van der Waals surface area contributed by atoms with E-state index in [9.17, 15) is 9.59 Å². The van der Waals surface area contributed by atoms with Crippen molar-refractivity contribution in [1.29, 1.82) is 0 Å². The SMILES string of the molecule is Cc1cc(C(C[C@H]2CCC(=O)N2)c2ccc(C3CC3)c(=O)[nH]2)ccc1Cl. The summed E-state index contributed by atoms with van der Waals surface area (Å²) in [6, 6.07) is 10.2. The highest BCUT2D eigenvalue weighted by Gasteiger charge is 2.29. The first-order valence-corrected chi connectivity index (χ1v) is 9.67. The van der Waals surface area contributed by atoms with Crippen molar-refractivity contribution in [3.05, 3.63) is 68.1 Å². The Hall–Kier alpha value is -2.07. The van der Waals surface area contributed by atoms with Gasteiger partial charge in [-0.2, -0.15) is 0 Å². The van der Waals surface area contributed by atoms with Crippen molar-refractivity contribution in [2.24, 2.45) is 0 Å². The van der Waals surface area contributed by atoms with E-state index >= 15 is 0 Å². The molecule has 2 aromatic rings. The van der Waals surface area contributed by atoms with Gasteiger partial charge in [0.15, 0.2) is 0 Å². The molecule has 5 heteroatoms. The lowest BCUT2D eigenvalue weighted by molar-refractivity contribution is -0.119. The maximum Gasteiger partial charge on any atom is 0.251 e. The summed E-state index contributed by atoms with van der Waals surface area (Å²) in [5.74, 6) is 0.562. The zero-order valence-corrected chi connectivity index (χ0v) is 15.6. The molecule has 26 heavy (non-hydrogen) atoms. The first kappa shape index (κ1) is 17.3. The van der Waals surface area contributed by atoms with Gasteiger partial charge in [-0.15, -0.1) is 0 Å². The molecule has 2 fully saturated rings. The molecule has 2 aliphatic rings. The third-order valence-corrected chi connectivity index (χ3v) is 5.97. The summed E-state index contributed by atoms with van der Waals surface area (Å²) >= 11 is 6.19. The minimum atomic E-state index is 0.0234. The van der Waals surface area contributed by atoms with Crippen molar-refractivity contribution < 1.29 is 4.79 Å². The molecular formula is C21H23ClN2O2. The van der Waals surface area contributed by atoms with Crippen LogP contribution in [0.15, 0.2) is 35.1 Å². The summed E-state index contributed by atoms with van der Waals surface area (Å²) < 4.78 is 0. The number of amides is 1. The Morgan fingerprint density at radius 3 is 2.58 bits per heavy atom. The lowest BCUT2D eigenvalue weighted by Gasteiger charge is -2.22. The number of aromatic nitrogens is 1. The molecule has 4 nitrogen and oxygen atoms in total. The fraction of sp³-hybridized carbons (Fsp3) is 0.429. The molecule has 0 spiro atoms. The molecule has 1 aromatic carbocycles. The van der Waals surface area contributed by atoms with Crippen LogP contribution in [0.25, 0.3) is 0 Å². The number of nitrogens with one attached hydrogen (secondary N) is 2. The molecule has 1 aromatic heterocycles. The van der Waals surface area contributed by atoms with E-state index < -0.39 is 0 Å². The molecule has 136 valence electrons. The number of aromatic amines is 1. The smallest absolute Gasteiger partial charge is 0.251 e. The van der Waals surface area contributed by atoms with Crippen molar-refractivity contribution in [2.75, 3.05) is 0 Å². The first-order valence-electron chi connectivity index (χ1n) is 9.30. The zero-order chi connectivity index (χ0) is 18.3. The van der Waals surface area contributed by atoms with Crippen molar-refractivity contribution in [3.8, 4) is 0 Å². The number of benzene rings is 1. The molecule has 1 aliphatic heterocycles. The van der Waals surface area contributed by atoms with Gasteiger partial charge in [-0.3, -0.25) is 9.59 Å². The maximum atomic E-state index is 12.5. The van der Waals surface area contributed by atoms with E-state index in [-0.39, 0.29) is 23.4 Å². The van der Waals surface area contributed by atoms with Crippen molar-refractivity contribution in [3.63, 3.8) is 0 Å². The van der Waals surface area contributed by atoms with E-state index in [1.54, 1.807) is 0 Å². The highest BCUT2D eigenvalue weighted by Crippen LogP contribution is 2.39. The van der Waals surface area contributed by atoms with Crippen LogP contribution in [-0.4, -0.2) is 16.9 Å². The largest absolute Gasteiger partial charge is 0.353 e. The minimum absolute atomic E-state index is 0.0234. The molecule has 0 bridgehead atoms. The molecule has 1 amide bonds. The van der Waals surface area contributed by atoms with Crippen LogP contribution in [0.1, 0.15) is 66.3 Å². The van der Waals surface area contributed by atoms with Crippen molar-refractivity contribution in [1.82, 2.24) is 10.3 Å². The van der Waals surface area contributed by atoms with Crippen molar-refractivity contribution >= 4 is 17.5 Å². The number of carbonyl (C=O) groups excluding carboxylic acids is 1. The standard InChI is InChI=1S/C21H23ClN2O2/c1-12-10-14(4-7-18(12)22)17(11-15-5-9-20(25)23-15)19-8-6-16(13-2-3-13)21(26)24-19/h4,6-8,10,13,15,17H,2-3,5,9,11H2,1H3,(H,23,25)(H,24,26)/t15-,17?/m1/s1. The Labute approximate surface area is 158 Å². The molecule has 2 N–H and O–H groups in total. The summed E-state index contributed by atoms with van der Waals surface area (Å²) in [5, 5.41) is 3.78. The molecule has 1 saturated carbocycles. The lowest BCUT2D eigenvalue weighted by atomic mass is 9.87. The molecule has 2 heterocycles. The summed E-state index contributed by atoms with van der Waals surface area (Å²) in [5.41, 5.74) is 3.96. The molecule has 1 aliphatic carbocycles. The van der Waals surface area contributed by atoms with Crippen LogP contribution in [0.4, 0.5) is 0 Å². The Balaban J connectivity index is 1.69. The van der Waals surface area contributed by atoms with Crippen LogP contribution in [0.2, 0.25) is 5.02 Å². The van der Waals surface area contributed by atoms with Gasteiger partial charge in [0.05, 0.1) is 0 Å². The second-order valence-electron chi connectivity index (χ2n) is 7.57. The van der Waals surface area contributed by atoms with Gasteiger partial charge in [-0.25, -0.2) is 0 Å². The topological polar surface area (TPSA) is 62.0 Å². The quantitative estimate of drug-likeness (QED) is 0.835. The summed E-state index contributed by atoms with van der Waals surface area (Å²) in [6.07, 6.45) is 4.40. The fourth-order valence-corrected chi connectivity index (χ4v) is 4.00. The van der Waals surface area contributed by atoms with Crippen LogP contribution in [0, 0.1) is 6.92 Å². The predicted molar refractivity (Wildman–Crippen MR) is 103 cm³/mol. The predicted octanol–water partition coefficient (Wildman–Crippen LogP) is 4.01. The van der Waals surface area contributed by atoms with Crippen LogP contribution in [0.3, 0.4) is 0 Å². The summed E-state index contributed by atoms with van der Waals surface area (Å²) in [4.78, 5) is 27.2. The van der Waals surface area contributed by atoms with Gasteiger partial charge < -0.3 is 10.3 Å². The monoisotopic (exact) mass is 370 g/mol. The minimum Gasteiger partial charge on any atom is -0.353 e. The van der Waals surface area contributed by atoms with Gasteiger partial charge in [0.2, 0.25) is 5.91 Å². The van der Waals surface area contributed by atoms with E-state index in [0.29, 0.717) is 12.3 Å². The highest BCUT2D eigenvalue weighted by molar-refractivity contribution is 6.31. The molecule has 1 unspecified atom stereocenters. The maximum absolute atomic E-state index is 12.5. The normalized spacial score (nSPS) is 20.8. The van der Waals surface area contributed by atoms with Gasteiger partial charge in [0, 0.05) is 34.7 Å². The fourth-order valence-electron chi connectivity index (χ4n) is 3.89. The van der Waals surface area contributed by atoms with E-state index in [2.05, 4.69) is 16.4 Å². The summed E-state index contributed by atoms with van der Waals surface area (Å²) in [7, 11) is 0. The van der Waals surface area contributed by atoms with Crippen LogP contribution < -0.4 is 10.9 Å². The van der Waals surface area contributed by atoms with Gasteiger partial charge in [-0.05, 0) is 61.8 Å². The number of aryl methyl sites for hydroxylation is 1. The van der Waals surface area contributed by atoms with Gasteiger partial charge in [0.25, 0.3) is 5.56 Å². The number of hydrogen-bond acceptors (Lipinski definition) is 2. The zero-order valence-electron chi connectivity index (χ0n) is 14.8. The van der Waals surface area contributed by atoms with E-state index in [1.165, 1.54) is 0 Å². The van der Waals surface area contributed by atoms with E-state index in [0.717, 1.165) is 53.1 Å². The molecule has 0 radical (unpaired) electrons. The number of hydrogen-bond donors (Lipinski definition) is 2. The average Bonchev–Trinajstić information content (AvgIpc) is 3.37. The van der Waals surface area contributed by atoms with Crippen LogP contribution in [0.5, 0.6) is 0 Å². The number of rotatable bonds is 5. The summed E-state index contributed by atoms with van der Waals surface area (Å²) in [6.45, 7) is 1.99. The third-order valence-electron chi connectivity index (χ3n) is 5.54. The first-order chi connectivity index (χ1) is 12.5. The van der Waals surface area contributed by atoms with Gasteiger partial charge >= 0.3 is 0 Å². The molecule has 4 rings (SSSR count). The molecule has 1 saturated heterocycles. The van der Waals surface area contributed by atoms with Crippen LogP contribution in [-0.2, 0) is 4.79 Å².